The summed E-state index contributed by atoms with van der Waals surface area (Å²) < 4.78 is 5.74. The van der Waals surface area contributed by atoms with E-state index in [9.17, 15) is 0 Å². The lowest BCUT2D eigenvalue weighted by Crippen LogP contribution is -2.17. The van der Waals surface area contributed by atoms with E-state index in [1.165, 1.54) is 32.1 Å². The minimum absolute atomic E-state index is 0.0505. The van der Waals surface area contributed by atoms with Crippen molar-refractivity contribution >= 4 is 0 Å². The minimum atomic E-state index is 0.0505. The largest absolute Gasteiger partial charge is 0.476 e. The molecule has 1 aromatic rings. The smallest absolute Gasteiger partial charge is 0.232 e. The van der Waals surface area contributed by atoms with Crippen molar-refractivity contribution in [3.05, 3.63) is 18.1 Å². The molecule has 0 saturated heterocycles. The maximum atomic E-state index is 5.74. The van der Waals surface area contributed by atoms with E-state index in [0.717, 1.165) is 12.3 Å². The van der Waals surface area contributed by atoms with Crippen molar-refractivity contribution in [1.82, 2.24) is 9.97 Å². The molecule has 0 spiro atoms. The first-order chi connectivity index (χ1) is 8.55. The Morgan fingerprint density at radius 1 is 1.11 bits per heavy atom. The Morgan fingerprint density at radius 3 is 2.39 bits per heavy atom. The molecule has 0 N–H and O–H groups in total. The van der Waals surface area contributed by atoms with E-state index in [1.807, 2.05) is 6.20 Å². The number of rotatable bonds is 3. The van der Waals surface area contributed by atoms with Gasteiger partial charge in [0.1, 0.15) is 0 Å². The Labute approximate surface area is 110 Å². The highest BCUT2D eigenvalue weighted by atomic mass is 16.5. The molecule has 0 unspecified atom stereocenters. The molecular weight excluding hydrogens is 224 g/mol. The molecule has 1 aliphatic rings. The molecule has 2 rings (SSSR count). The Hall–Kier alpha value is -1.12. The van der Waals surface area contributed by atoms with Crippen molar-refractivity contribution in [3.8, 4) is 5.88 Å². The second kappa shape index (κ2) is 5.68. The van der Waals surface area contributed by atoms with Crippen molar-refractivity contribution in [2.24, 2.45) is 5.92 Å². The molecule has 0 atom stereocenters. The van der Waals surface area contributed by atoms with Crippen LogP contribution >= 0.6 is 0 Å². The number of hydrogen-bond acceptors (Lipinski definition) is 3. The zero-order chi connectivity index (χ0) is 13.0. The highest BCUT2D eigenvalue weighted by molar-refractivity contribution is 5.13. The predicted octanol–water partition coefficient (Wildman–Crippen LogP) is 3.73. The molecule has 0 radical (unpaired) electrons. The fourth-order valence-electron chi connectivity index (χ4n) is 2.34. The van der Waals surface area contributed by atoms with Crippen LogP contribution < -0.4 is 4.74 Å². The zero-order valence-electron chi connectivity index (χ0n) is 11.8. The fourth-order valence-corrected chi connectivity index (χ4v) is 2.34. The lowest BCUT2D eigenvalue weighted by molar-refractivity contribution is 0.202. The SMILES string of the molecule is CC(C)(C)c1cnc(OCC2CCCCC2)cn1. The third-order valence-corrected chi connectivity index (χ3v) is 3.59. The summed E-state index contributed by atoms with van der Waals surface area (Å²) >= 11 is 0. The predicted molar refractivity (Wildman–Crippen MR) is 72.8 cm³/mol. The highest BCUT2D eigenvalue weighted by Crippen LogP contribution is 2.24. The van der Waals surface area contributed by atoms with Crippen LogP contribution in [0.4, 0.5) is 0 Å². The molecule has 1 aromatic heterocycles. The van der Waals surface area contributed by atoms with Gasteiger partial charge in [0.2, 0.25) is 5.88 Å². The van der Waals surface area contributed by atoms with Gasteiger partial charge in [-0.3, -0.25) is 4.98 Å². The molecule has 1 heterocycles. The van der Waals surface area contributed by atoms with Gasteiger partial charge in [0.05, 0.1) is 24.7 Å². The second-order valence-corrected chi connectivity index (χ2v) is 6.30. The van der Waals surface area contributed by atoms with E-state index in [4.69, 9.17) is 4.74 Å². The molecule has 3 nitrogen and oxygen atoms in total. The quantitative estimate of drug-likeness (QED) is 0.817. The van der Waals surface area contributed by atoms with Gasteiger partial charge in [-0.25, -0.2) is 4.98 Å². The average Bonchev–Trinajstić information content (AvgIpc) is 2.37. The van der Waals surface area contributed by atoms with Gasteiger partial charge in [-0.1, -0.05) is 40.0 Å². The van der Waals surface area contributed by atoms with E-state index in [0.29, 0.717) is 11.8 Å². The Morgan fingerprint density at radius 2 is 1.83 bits per heavy atom. The van der Waals surface area contributed by atoms with Gasteiger partial charge in [0, 0.05) is 5.41 Å². The van der Waals surface area contributed by atoms with Crippen molar-refractivity contribution in [1.29, 1.82) is 0 Å². The Balaban J connectivity index is 1.86. The molecule has 0 bridgehead atoms. The molecule has 0 aliphatic heterocycles. The lowest BCUT2D eigenvalue weighted by atomic mass is 9.90. The van der Waals surface area contributed by atoms with Crippen molar-refractivity contribution < 1.29 is 4.74 Å². The lowest BCUT2D eigenvalue weighted by Gasteiger charge is -2.21. The maximum Gasteiger partial charge on any atom is 0.232 e. The van der Waals surface area contributed by atoms with Crippen molar-refractivity contribution in [3.63, 3.8) is 0 Å². The average molecular weight is 248 g/mol. The summed E-state index contributed by atoms with van der Waals surface area (Å²) in [5, 5.41) is 0. The summed E-state index contributed by atoms with van der Waals surface area (Å²) in [6.45, 7) is 7.21. The van der Waals surface area contributed by atoms with Crippen LogP contribution in [0.1, 0.15) is 58.6 Å². The van der Waals surface area contributed by atoms with Gasteiger partial charge in [0.25, 0.3) is 0 Å². The van der Waals surface area contributed by atoms with Gasteiger partial charge in [-0.05, 0) is 18.8 Å². The standard InChI is InChI=1S/C15H24N2O/c1-15(2,3)13-9-17-14(10-16-13)18-11-12-7-5-4-6-8-12/h9-10,12H,4-8,11H2,1-3H3. The summed E-state index contributed by atoms with van der Waals surface area (Å²) in [5.41, 5.74) is 1.06. The summed E-state index contributed by atoms with van der Waals surface area (Å²) in [4.78, 5) is 8.77. The summed E-state index contributed by atoms with van der Waals surface area (Å²) in [6, 6.07) is 0. The number of hydrogen-bond donors (Lipinski definition) is 0. The van der Waals surface area contributed by atoms with Crippen LogP contribution in [0.3, 0.4) is 0 Å². The van der Waals surface area contributed by atoms with Crippen LogP contribution in [0.15, 0.2) is 12.4 Å². The molecule has 1 saturated carbocycles. The van der Waals surface area contributed by atoms with Crippen LogP contribution in [-0.4, -0.2) is 16.6 Å². The molecule has 100 valence electrons. The molecule has 3 heteroatoms. The van der Waals surface area contributed by atoms with Crippen molar-refractivity contribution in [2.75, 3.05) is 6.61 Å². The third-order valence-electron chi connectivity index (χ3n) is 3.59. The van der Waals surface area contributed by atoms with Crippen LogP contribution in [0, 0.1) is 5.92 Å². The van der Waals surface area contributed by atoms with E-state index in [-0.39, 0.29) is 5.41 Å². The zero-order valence-corrected chi connectivity index (χ0v) is 11.8. The molecule has 0 aromatic carbocycles. The topological polar surface area (TPSA) is 35.0 Å². The van der Waals surface area contributed by atoms with Gasteiger partial charge >= 0.3 is 0 Å². The molecule has 1 fully saturated rings. The fraction of sp³-hybridized carbons (Fsp3) is 0.733. The maximum absolute atomic E-state index is 5.74. The second-order valence-electron chi connectivity index (χ2n) is 6.30. The Bertz CT molecular complexity index is 361. The van der Waals surface area contributed by atoms with Crippen LogP contribution in [-0.2, 0) is 5.41 Å². The summed E-state index contributed by atoms with van der Waals surface area (Å²) in [5.74, 6) is 1.37. The van der Waals surface area contributed by atoms with E-state index in [2.05, 4.69) is 30.7 Å². The van der Waals surface area contributed by atoms with Crippen molar-refractivity contribution in [2.45, 2.75) is 58.3 Å². The van der Waals surface area contributed by atoms with E-state index >= 15 is 0 Å². The van der Waals surface area contributed by atoms with Gasteiger partial charge in [0.15, 0.2) is 0 Å². The molecule has 0 amide bonds. The summed E-state index contributed by atoms with van der Waals surface area (Å²) in [6.07, 6.45) is 10.3. The molecule has 18 heavy (non-hydrogen) atoms. The summed E-state index contributed by atoms with van der Waals surface area (Å²) in [7, 11) is 0. The third kappa shape index (κ3) is 3.69. The van der Waals surface area contributed by atoms with Crippen LogP contribution in [0.5, 0.6) is 5.88 Å². The van der Waals surface area contributed by atoms with Gasteiger partial charge in [-0.2, -0.15) is 0 Å². The first-order valence-corrected chi connectivity index (χ1v) is 7.01. The monoisotopic (exact) mass is 248 g/mol. The normalized spacial score (nSPS) is 17.7. The van der Waals surface area contributed by atoms with E-state index in [1.54, 1.807) is 6.20 Å². The first-order valence-electron chi connectivity index (χ1n) is 7.01. The molecule has 1 aliphatic carbocycles. The highest BCUT2D eigenvalue weighted by Gasteiger charge is 2.17. The number of ether oxygens (including phenoxy) is 1. The van der Waals surface area contributed by atoms with Crippen LogP contribution in [0.2, 0.25) is 0 Å². The first kappa shape index (κ1) is 13.3. The van der Waals surface area contributed by atoms with Gasteiger partial charge < -0.3 is 4.74 Å². The molecular formula is C15H24N2O. The van der Waals surface area contributed by atoms with E-state index < -0.39 is 0 Å². The number of nitrogens with zero attached hydrogens (tertiary/aromatic N) is 2. The Kier molecular flexibility index (Phi) is 4.20. The minimum Gasteiger partial charge on any atom is -0.476 e. The number of aromatic nitrogens is 2. The van der Waals surface area contributed by atoms with Crippen LogP contribution in [0.25, 0.3) is 0 Å². The van der Waals surface area contributed by atoms with Gasteiger partial charge in [-0.15, -0.1) is 0 Å².